The zero-order valence-corrected chi connectivity index (χ0v) is 12.9. The summed E-state index contributed by atoms with van der Waals surface area (Å²) >= 11 is 0. The molecule has 2 heterocycles. The lowest BCUT2D eigenvalue weighted by atomic mass is 9.95. The Balaban J connectivity index is 1.81. The van der Waals surface area contributed by atoms with Gasteiger partial charge in [-0.1, -0.05) is 13.0 Å². The minimum atomic E-state index is 0.208. The Labute approximate surface area is 126 Å². The maximum atomic E-state index is 5.94. The minimum absolute atomic E-state index is 0.208. The Bertz CT molecular complexity index is 471. The van der Waals surface area contributed by atoms with Crippen molar-refractivity contribution < 1.29 is 14.2 Å². The van der Waals surface area contributed by atoms with Gasteiger partial charge in [0, 0.05) is 12.5 Å². The summed E-state index contributed by atoms with van der Waals surface area (Å²) in [5.41, 5.74) is 1.21. The van der Waals surface area contributed by atoms with Gasteiger partial charge in [0.05, 0.1) is 25.4 Å². The van der Waals surface area contributed by atoms with Crippen LogP contribution in [0.25, 0.3) is 0 Å². The molecule has 3 unspecified atom stereocenters. The molecule has 0 amide bonds. The first-order chi connectivity index (χ1) is 10.3. The first-order valence-electron chi connectivity index (χ1n) is 7.96. The smallest absolute Gasteiger partial charge is 0.161 e. The molecule has 0 bridgehead atoms. The molecule has 3 atom stereocenters. The molecule has 21 heavy (non-hydrogen) atoms. The van der Waals surface area contributed by atoms with Crippen LogP contribution < -0.4 is 14.8 Å². The number of fused-ring (bicyclic) bond motifs is 1. The molecule has 0 spiro atoms. The highest BCUT2D eigenvalue weighted by molar-refractivity contribution is 5.44. The van der Waals surface area contributed by atoms with Crippen LogP contribution in [0, 0.1) is 5.92 Å². The molecule has 2 aliphatic rings. The fourth-order valence-electron chi connectivity index (χ4n) is 3.06. The number of hydrogen-bond donors (Lipinski definition) is 1. The van der Waals surface area contributed by atoms with Crippen LogP contribution in [-0.2, 0) is 4.74 Å². The predicted molar refractivity (Wildman–Crippen MR) is 82.0 cm³/mol. The van der Waals surface area contributed by atoms with Crippen molar-refractivity contribution in [3.63, 3.8) is 0 Å². The molecule has 0 saturated carbocycles. The van der Waals surface area contributed by atoms with E-state index < -0.39 is 0 Å². The van der Waals surface area contributed by atoms with Crippen LogP contribution in [0.15, 0.2) is 18.2 Å². The van der Waals surface area contributed by atoms with Gasteiger partial charge in [0.15, 0.2) is 11.5 Å². The zero-order chi connectivity index (χ0) is 14.7. The Hall–Kier alpha value is -1.26. The fraction of sp³-hybridized carbons (Fsp3) is 0.647. The van der Waals surface area contributed by atoms with Crippen molar-refractivity contribution in [2.75, 3.05) is 26.9 Å². The van der Waals surface area contributed by atoms with Gasteiger partial charge in [-0.05, 0) is 44.0 Å². The van der Waals surface area contributed by atoms with Crippen LogP contribution in [0.3, 0.4) is 0 Å². The molecule has 4 heteroatoms. The summed E-state index contributed by atoms with van der Waals surface area (Å²) in [6, 6.07) is 6.46. The Morgan fingerprint density at radius 1 is 1.14 bits per heavy atom. The number of ether oxygens (including phenoxy) is 3. The molecule has 116 valence electrons. The number of rotatable bonds is 3. The van der Waals surface area contributed by atoms with Crippen LogP contribution in [0.1, 0.15) is 37.8 Å². The first-order valence-corrected chi connectivity index (χ1v) is 7.96. The molecule has 1 saturated heterocycles. The highest BCUT2D eigenvalue weighted by atomic mass is 16.5. The second kappa shape index (κ2) is 6.67. The maximum Gasteiger partial charge on any atom is 0.161 e. The predicted octanol–water partition coefficient (Wildman–Crippen LogP) is 2.92. The quantitative estimate of drug-likeness (QED) is 0.929. The van der Waals surface area contributed by atoms with Gasteiger partial charge in [0.25, 0.3) is 0 Å². The van der Waals surface area contributed by atoms with Crippen molar-refractivity contribution in [3.8, 4) is 11.5 Å². The Kier molecular flexibility index (Phi) is 4.66. The van der Waals surface area contributed by atoms with Gasteiger partial charge in [0.2, 0.25) is 0 Å². The molecule has 0 aliphatic carbocycles. The molecule has 1 fully saturated rings. The molecule has 0 radical (unpaired) electrons. The molecule has 1 aromatic carbocycles. The number of likely N-dealkylation sites (N-methyl/N-ethyl adjacent to an activating group) is 1. The van der Waals surface area contributed by atoms with E-state index in [1.54, 1.807) is 0 Å². The second-order valence-electron chi connectivity index (χ2n) is 6.10. The summed E-state index contributed by atoms with van der Waals surface area (Å²) in [4.78, 5) is 0. The van der Waals surface area contributed by atoms with Gasteiger partial charge < -0.3 is 19.5 Å². The van der Waals surface area contributed by atoms with Crippen LogP contribution in [0.2, 0.25) is 0 Å². The Morgan fingerprint density at radius 2 is 1.95 bits per heavy atom. The van der Waals surface area contributed by atoms with Gasteiger partial charge in [-0.3, -0.25) is 0 Å². The number of hydrogen-bond acceptors (Lipinski definition) is 4. The number of benzene rings is 1. The molecule has 3 rings (SSSR count). The summed E-state index contributed by atoms with van der Waals surface area (Å²) in [6.07, 6.45) is 3.76. The molecular formula is C17H25NO3. The van der Waals surface area contributed by atoms with E-state index in [0.29, 0.717) is 19.1 Å². The van der Waals surface area contributed by atoms with E-state index in [0.717, 1.165) is 24.5 Å². The molecule has 1 aromatic rings. The summed E-state index contributed by atoms with van der Waals surface area (Å²) in [7, 11) is 1.99. The van der Waals surface area contributed by atoms with Crippen molar-refractivity contribution in [1.29, 1.82) is 0 Å². The number of nitrogens with one attached hydrogen (secondary N) is 1. The highest BCUT2D eigenvalue weighted by Crippen LogP contribution is 2.35. The third kappa shape index (κ3) is 3.33. The summed E-state index contributed by atoms with van der Waals surface area (Å²) in [6.45, 7) is 4.43. The maximum absolute atomic E-state index is 5.94. The van der Waals surface area contributed by atoms with Crippen LogP contribution in [-0.4, -0.2) is 33.0 Å². The third-order valence-corrected chi connectivity index (χ3v) is 4.27. The highest BCUT2D eigenvalue weighted by Gasteiger charge is 2.26. The van der Waals surface area contributed by atoms with E-state index in [9.17, 15) is 0 Å². The van der Waals surface area contributed by atoms with E-state index >= 15 is 0 Å². The lowest BCUT2D eigenvalue weighted by molar-refractivity contribution is -0.00666. The van der Waals surface area contributed by atoms with E-state index in [-0.39, 0.29) is 12.1 Å². The topological polar surface area (TPSA) is 39.7 Å². The van der Waals surface area contributed by atoms with Gasteiger partial charge in [0.1, 0.15) is 0 Å². The van der Waals surface area contributed by atoms with E-state index in [4.69, 9.17) is 14.2 Å². The normalized spacial score (nSPS) is 27.0. The van der Waals surface area contributed by atoms with Crippen molar-refractivity contribution in [3.05, 3.63) is 23.8 Å². The summed E-state index contributed by atoms with van der Waals surface area (Å²) in [5, 5.41) is 3.40. The summed E-state index contributed by atoms with van der Waals surface area (Å²) in [5.74, 6) is 2.12. The molecule has 4 nitrogen and oxygen atoms in total. The average molecular weight is 291 g/mol. The van der Waals surface area contributed by atoms with Gasteiger partial charge in [-0.2, -0.15) is 0 Å². The monoisotopic (exact) mass is 291 g/mol. The molecular weight excluding hydrogens is 266 g/mol. The van der Waals surface area contributed by atoms with E-state index in [1.807, 2.05) is 13.1 Å². The third-order valence-electron chi connectivity index (χ3n) is 4.27. The average Bonchev–Trinajstić information content (AvgIpc) is 2.71. The van der Waals surface area contributed by atoms with Crippen LogP contribution >= 0.6 is 0 Å². The molecule has 2 aliphatic heterocycles. The summed E-state index contributed by atoms with van der Waals surface area (Å²) < 4.78 is 17.6. The minimum Gasteiger partial charge on any atom is -0.489 e. The van der Waals surface area contributed by atoms with Gasteiger partial charge in [-0.15, -0.1) is 0 Å². The largest absolute Gasteiger partial charge is 0.489 e. The van der Waals surface area contributed by atoms with Crippen molar-refractivity contribution in [1.82, 2.24) is 5.32 Å². The molecule has 1 N–H and O–H groups in total. The first kappa shape index (κ1) is 14.7. The Morgan fingerprint density at radius 3 is 2.67 bits per heavy atom. The van der Waals surface area contributed by atoms with Crippen molar-refractivity contribution in [2.24, 2.45) is 5.92 Å². The lowest BCUT2D eigenvalue weighted by Crippen LogP contribution is -2.34. The van der Waals surface area contributed by atoms with Gasteiger partial charge in [-0.25, -0.2) is 0 Å². The standard InChI is InChI=1S/C17H25NO3/c1-12-10-20-14-7-6-13(9-16(14)21-11-12)17(18-2)15-5-3-4-8-19-15/h6-7,9,12,15,17-18H,3-5,8,10-11H2,1-2H3. The van der Waals surface area contributed by atoms with Crippen molar-refractivity contribution in [2.45, 2.75) is 38.3 Å². The van der Waals surface area contributed by atoms with E-state index in [2.05, 4.69) is 24.4 Å². The lowest BCUT2D eigenvalue weighted by Gasteiger charge is -2.30. The van der Waals surface area contributed by atoms with Crippen LogP contribution in [0.5, 0.6) is 11.5 Å². The molecule has 0 aromatic heterocycles. The van der Waals surface area contributed by atoms with Crippen LogP contribution in [0.4, 0.5) is 0 Å². The van der Waals surface area contributed by atoms with E-state index in [1.165, 1.54) is 18.4 Å². The second-order valence-corrected chi connectivity index (χ2v) is 6.10. The zero-order valence-electron chi connectivity index (χ0n) is 12.9. The SMILES string of the molecule is CNC(c1ccc2c(c1)OCC(C)CO2)C1CCCCO1. The van der Waals surface area contributed by atoms with Gasteiger partial charge >= 0.3 is 0 Å². The van der Waals surface area contributed by atoms with Crippen molar-refractivity contribution >= 4 is 0 Å². The fourth-order valence-corrected chi connectivity index (χ4v) is 3.06.